The van der Waals surface area contributed by atoms with E-state index < -0.39 is 0 Å². The number of carbonyl (C=O) groups excluding carboxylic acids is 1. The van der Waals surface area contributed by atoms with E-state index in [0.29, 0.717) is 11.6 Å². The Morgan fingerprint density at radius 2 is 2.11 bits per heavy atom. The number of ether oxygens (including phenoxy) is 1. The molecule has 1 aromatic carbocycles. The number of benzene rings is 1. The lowest BCUT2D eigenvalue weighted by molar-refractivity contribution is -0.115. The van der Waals surface area contributed by atoms with Gasteiger partial charge in [-0.15, -0.1) is 6.42 Å². The van der Waals surface area contributed by atoms with Crippen molar-refractivity contribution in [2.24, 2.45) is 10.4 Å². The van der Waals surface area contributed by atoms with Crippen molar-refractivity contribution in [2.75, 3.05) is 39.2 Å². The first-order valence-electron chi connectivity index (χ1n) is 9.41. The minimum Gasteiger partial charge on any atom is -0.385 e. The molecule has 0 radical (unpaired) electrons. The Morgan fingerprint density at radius 3 is 2.78 bits per heavy atom. The molecule has 1 aliphatic carbocycles. The molecular formula is C21H30N4O2. The smallest absolute Gasteiger partial charge is 0.243 e. The number of carbonyl (C=O) groups is 1. The van der Waals surface area contributed by atoms with Crippen LogP contribution in [-0.2, 0) is 9.53 Å². The third kappa shape index (κ3) is 6.61. The molecule has 1 aromatic rings. The molecule has 0 heterocycles. The first-order chi connectivity index (χ1) is 13.1. The van der Waals surface area contributed by atoms with E-state index in [-0.39, 0.29) is 17.9 Å². The van der Waals surface area contributed by atoms with E-state index >= 15 is 0 Å². The van der Waals surface area contributed by atoms with Crippen molar-refractivity contribution in [1.29, 1.82) is 0 Å². The van der Waals surface area contributed by atoms with E-state index in [0.717, 1.165) is 25.1 Å². The molecule has 0 bridgehead atoms. The van der Waals surface area contributed by atoms with Crippen LogP contribution in [0.2, 0.25) is 0 Å². The molecule has 6 heteroatoms. The van der Waals surface area contributed by atoms with Crippen molar-refractivity contribution < 1.29 is 9.53 Å². The zero-order chi connectivity index (χ0) is 19.5. The van der Waals surface area contributed by atoms with Gasteiger partial charge in [0, 0.05) is 38.6 Å². The molecule has 0 spiro atoms. The molecule has 6 nitrogen and oxygen atoms in total. The quantitative estimate of drug-likeness (QED) is 0.373. The fourth-order valence-electron chi connectivity index (χ4n) is 3.51. The molecule has 0 aromatic heterocycles. The Labute approximate surface area is 162 Å². The van der Waals surface area contributed by atoms with Crippen molar-refractivity contribution in [3.63, 3.8) is 0 Å². The van der Waals surface area contributed by atoms with Gasteiger partial charge in [0.05, 0.1) is 6.54 Å². The van der Waals surface area contributed by atoms with E-state index in [1.54, 1.807) is 20.2 Å². The van der Waals surface area contributed by atoms with Crippen LogP contribution in [0.5, 0.6) is 0 Å². The number of hydrogen-bond acceptors (Lipinski definition) is 3. The van der Waals surface area contributed by atoms with Crippen LogP contribution in [0.4, 0.5) is 5.69 Å². The zero-order valence-corrected chi connectivity index (χ0v) is 16.3. The van der Waals surface area contributed by atoms with Crippen molar-refractivity contribution >= 4 is 17.6 Å². The maximum absolute atomic E-state index is 12.2. The molecule has 146 valence electrons. The van der Waals surface area contributed by atoms with Crippen LogP contribution in [0.15, 0.2) is 29.3 Å². The normalized spacial score (nSPS) is 15.8. The highest BCUT2D eigenvalue weighted by Gasteiger charge is 2.33. The lowest BCUT2D eigenvalue weighted by atomic mass is 9.83. The summed E-state index contributed by atoms with van der Waals surface area (Å²) in [4.78, 5) is 16.4. The van der Waals surface area contributed by atoms with Crippen LogP contribution >= 0.6 is 0 Å². The van der Waals surface area contributed by atoms with Crippen molar-refractivity contribution in [1.82, 2.24) is 10.6 Å². The average molecular weight is 370 g/mol. The maximum atomic E-state index is 12.2. The molecular weight excluding hydrogens is 340 g/mol. The Morgan fingerprint density at radius 1 is 1.33 bits per heavy atom. The number of methoxy groups -OCH3 is 1. The second-order valence-electron chi connectivity index (χ2n) is 7.00. The number of anilines is 1. The predicted molar refractivity (Wildman–Crippen MR) is 110 cm³/mol. The van der Waals surface area contributed by atoms with E-state index in [4.69, 9.17) is 11.2 Å². The Kier molecular flexibility index (Phi) is 8.15. The molecule has 1 fully saturated rings. The van der Waals surface area contributed by atoms with Gasteiger partial charge >= 0.3 is 0 Å². The number of nitrogens with zero attached hydrogens (tertiary/aromatic N) is 1. The van der Waals surface area contributed by atoms with Gasteiger partial charge in [-0.3, -0.25) is 9.79 Å². The van der Waals surface area contributed by atoms with Gasteiger partial charge in [0.2, 0.25) is 5.91 Å². The fraction of sp³-hybridized carbons (Fsp3) is 0.524. The fourth-order valence-corrected chi connectivity index (χ4v) is 3.51. The summed E-state index contributed by atoms with van der Waals surface area (Å²) < 4.78 is 5.28. The van der Waals surface area contributed by atoms with E-state index in [2.05, 4.69) is 26.9 Å². The van der Waals surface area contributed by atoms with Gasteiger partial charge in [0.25, 0.3) is 0 Å². The number of nitrogens with one attached hydrogen (secondary N) is 3. The molecule has 0 saturated heterocycles. The zero-order valence-electron chi connectivity index (χ0n) is 16.3. The molecule has 2 rings (SSSR count). The molecule has 1 amide bonds. The highest BCUT2D eigenvalue weighted by atomic mass is 16.5. The third-order valence-electron chi connectivity index (χ3n) is 5.08. The number of hydrogen-bond donors (Lipinski definition) is 3. The van der Waals surface area contributed by atoms with Crippen LogP contribution in [0, 0.1) is 17.8 Å². The number of terminal acetylenes is 1. The Balaban J connectivity index is 1.80. The molecule has 0 unspecified atom stereocenters. The maximum Gasteiger partial charge on any atom is 0.243 e. The molecule has 27 heavy (non-hydrogen) atoms. The number of aliphatic imine (C=N–C) groups is 1. The second kappa shape index (κ2) is 10.6. The van der Waals surface area contributed by atoms with Crippen LogP contribution in [-0.4, -0.2) is 45.7 Å². The highest BCUT2D eigenvalue weighted by Crippen LogP contribution is 2.40. The number of guanidine groups is 1. The molecule has 0 atom stereocenters. The van der Waals surface area contributed by atoms with Gasteiger partial charge in [-0.2, -0.15) is 0 Å². The topological polar surface area (TPSA) is 74.8 Å². The van der Waals surface area contributed by atoms with E-state index in [1.807, 2.05) is 18.2 Å². The van der Waals surface area contributed by atoms with Crippen molar-refractivity contribution in [3.05, 3.63) is 29.8 Å². The summed E-state index contributed by atoms with van der Waals surface area (Å²) in [5.41, 5.74) is 1.67. The van der Waals surface area contributed by atoms with Gasteiger partial charge in [-0.25, -0.2) is 0 Å². The van der Waals surface area contributed by atoms with Gasteiger partial charge in [-0.05, 0) is 42.9 Å². The van der Waals surface area contributed by atoms with Gasteiger partial charge in [0.15, 0.2) is 5.96 Å². The second-order valence-corrected chi connectivity index (χ2v) is 7.00. The largest absolute Gasteiger partial charge is 0.385 e. The minimum absolute atomic E-state index is 0.130. The van der Waals surface area contributed by atoms with Crippen LogP contribution in [0.25, 0.3) is 0 Å². The van der Waals surface area contributed by atoms with Crippen LogP contribution < -0.4 is 16.0 Å². The molecule has 1 saturated carbocycles. The number of amides is 1. The third-order valence-corrected chi connectivity index (χ3v) is 5.08. The lowest BCUT2D eigenvalue weighted by Crippen LogP contribution is -2.45. The summed E-state index contributed by atoms with van der Waals surface area (Å²) in [7, 11) is 3.45. The summed E-state index contributed by atoms with van der Waals surface area (Å²) >= 11 is 0. The first-order valence-corrected chi connectivity index (χ1v) is 9.41. The standard InChI is InChI=1S/C21H30N4O2/c1-4-17-8-7-9-18(14-17)25-19(26)15-23-20(22-2)24-16-21(12-13-27-3)10-5-6-11-21/h1,7-9,14H,5-6,10-13,15-16H2,2-3H3,(H,25,26)(H2,22,23,24). The lowest BCUT2D eigenvalue weighted by Gasteiger charge is -2.29. The van der Waals surface area contributed by atoms with E-state index in [1.165, 1.54) is 25.7 Å². The molecule has 0 aliphatic heterocycles. The summed E-state index contributed by atoms with van der Waals surface area (Å²) in [6.45, 7) is 1.74. The predicted octanol–water partition coefficient (Wildman–Crippen LogP) is 2.37. The van der Waals surface area contributed by atoms with Crippen molar-refractivity contribution in [2.45, 2.75) is 32.1 Å². The first kappa shape index (κ1) is 20.8. The summed E-state index contributed by atoms with van der Waals surface area (Å²) in [6.07, 6.45) is 11.3. The summed E-state index contributed by atoms with van der Waals surface area (Å²) in [6, 6.07) is 7.22. The van der Waals surface area contributed by atoms with E-state index in [9.17, 15) is 4.79 Å². The highest BCUT2D eigenvalue weighted by molar-refractivity contribution is 5.95. The van der Waals surface area contributed by atoms with Crippen LogP contribution in [0.1, 0.15) is 37.7 Å². The Bertz CT molecular complexity index is 688. The summed E-state index contributed by atoms with van der Waals surface area (Å²) in [5.74, 6) is 3.04. The monoisotopic (exact) mass is 370 g/mol. The van der Waals surface area contributed by atoms with Gasteiger partial charge in [-0.1, -0.05) is 24.8 Å². The van der Waals surface area contributed by atoms with Gasteiger partial charge in [0.1, 0.15) is 0 Å². The summed E-state index contributed by atoms with van der Waals surface area (Å²) in [5, 5.41) is 9.28. The SMILES string of the molecule is C#Cc1cccc(NC(=O)CNC(=NC)NCC2(CCOC)CCCC2)c1. The van der Waals surface area contributed by atoms with Crippen molar-refractivity contribution in [3.8, 4) is 12.3 Å². The average Bonchev–Trinajstić information content (AvgIpc) is 3.16. The van der Waals surface area contributed by atoms with Gasteiger partial charge < -0.3 is 20.7 Å². The molecule has 3 N–H and O–H groups in total. The molecule has 1 aliphatic rings. The Hall–Kier alpha value is -2.52. The minimum atomic E-state index is -0.151. The van der Waals surface area contributed by atoms with Crippen LogP contribution in [0.3, 0.4) is 0 Å². The number of rotatable bonds is 8.